The molecule has 4 heteroatoms. The van der Waals surface area contributed by atoms with Gasteiger partial charge in [0.15, 0.2) is 0 Å². The fourth-order valence-electron chi connectivity index (χ4n) is 1.68. The van der Waals surface area contributed by atoms with E-state index in [1.807, 2.05) is 6.07 Å². The van der Waals surface area contributed by atoms with Gasteiger partial charge in [-0.25, -0.2) is 0 Å². The Balaban J connectivity index is 1.77. The molecule has 2 aromatic heterocycles. The van der Waals surface area contributed by atoms with E-state index >= 15 is 0 Å². The standard InChI is InChI=1S/C13H17NO2S/c1-10(7-13-3-2-6-17-13)14-8-11-4-5-12(9-15)16-11/h2-6,10,14-15H,7-9H2,1H3. The summed E-state index contributed by atoms with van der Waals surface area (Å²) in [5.74, 6) is 1.49. The minimum atomic E-state index is -0.0370. The molecule has 0 aliphatic carbocycles. The summed E-state index contributed by atoms with van der Waals surface area (Å²) in [6.07, 6.45) is 1.03. The van der Waals surface area contributed by atoms with Gasteiger partial charge in [0.2, 0.25) is 0 Å². The molecule has 0 saturated heterocycles. The Labute approximate surface area is 105 Å². The summed E-state index contributed by atoms with van der Waals surface area (Å²) in [6.45, 7) is 2.83. The Bertz CT molecular complexity index is 436. The van der Waals surface area contributed by atoms with Gasteiger partial charge in [-0.3, -0.25) is 0 Å². The van der Waals surface area contributed by atoms with Gasteiger partial charge in [-0.2, -0.15) is 0 Å². The van der Waals surface area contributed by atoms with Crippen molar-refractivity contribution in [1.29, 1.82) is 0 Å². The second kappa shape index (κ2) is 6.00. The lowest BCUT2D eigenvalue weighted by Crippen LogP contribution is -2.27. The number of thiophene rings is 1. The maximum absolute atomic E-state index is 8.89. The van der Waals surface area contributed by atoms with Gasteiger partial charge in [-0.1, -0.05) is 6.07 Å². The van der Waals surface area contributed by atoms with Gasteiger partial charge in [0.05, 0.1) is 6.54 Å². The van der Waals surface area contributed by atoms with Crippen LogP contribution in [0.3, 0.4) is 0 Å². The average molecular weight is 251 g/mol. The van der Waals surface area contributed by atoms with Gasteiger partial charge >= 0.3 is 0 Å². The number of aliphatic hydroxyl groups excluding tert-OH is 1. The molecule has 92 valence electrons. The van der Waals surface area contributed by atoms with Crippen LogP contribution in [-0.4, -0.2) is 11.1 Å². The Morgan fingerprint density at radius 3 is 2.82 bits per heavy atom. The van der Waals surface area contributed by atoms with Crippen molar-refractivity contribution in [2.75, 3.05) is 0 Å². The van der Waals surface area contributed by atoms with E-state index in [-0.39, 0.29) is 6.61 Å². The SMILES string of the molecule is CC(Cc1cccs1)NCc1ccc(CO)o1. The molecule has 0 radical (unpaired) electrons. The minimum Gasteiger partial charge on any atom is -0.462 e. The predicted molar refractivity (Wildman–Crippen MR) is 69.0 cm³/mol. The first-order valence-corrected chi connectivity index (χ1v) is 6.60. The predicted octanol–water partition coefficient (Wildman–Crippen LogP) is 2.55. The molecule has 2 rings (SSSR count). The Morgan fingerprint density at radius 1 is 1.35 bits per heavy atom. The molecule has 2 N–H and O–H groups in total. The number of furan rings is 1. The van der Waals surface area contributed by atoms with Gasteiger partial charge < -0.3 is 14.8 Å². The third-order valence-corrected chi connectivity index (χ3v) is 3.48. The highest BCUT2D eigenvalue weighted by Crippen LogP contribution is 2.12. The van der Waals surface area contributed by atoms with Crippen LogP contribution in [0.5, 0.6) is 0 Å². The normalized spacial score (nSPS) is 12.8. The average Bonchev–Trinajstić information content (AvgIpc) is 2.96. The zero-order valence-electron chi connectivity index (χ0n) is 9.85. The van der Waals surface area contributed by atoms with Crippen molar-refractivity contribution in [3.63, 3.8) is 0 Å². The molecule has 0 fully saturated rings. The van der Waals surface area contributed by atoms with Crippen LogP contribution in [-0.2, 0) is 19.6 Å². The van der Waals surface area contributed by atoms with E-state index in [9.17, 15) is 0 Å². The molecule has 0 aromatic carbocycles. The van der Waals surface area contributed by atoms with Crippen LogP contribution in [0.25, 0.3) is 0 Å². The molecule has 2 heterocycles. The molecular formula is C13H17NO2S. The summed E-state index contributed by atoms with van der Waals surface area (Å²) >= 11 is 1.78. The van der Waals surface area contributed by atoms with Gasteiger partial charge in [0.25, 0.3) is 0 Å². The summed E-state index contributed by atoms with van der Waals surface area (Å²) in [4.78, 5) is 1.39. The number of hydrogen-bond donors (Lipinski definition) is 2. The van der Waals surface area contributed by atoms with Gasteiger partial charge in [-0.05, 0) is 36.9 Å². The first kappa shape index (κ1) is 12.4. The summed E-state index contributed by atoms with van der Waals surface area (Å²) in [5, 5.41) is 14.4. The van der Waals surface area contributed by atoms with E-state index in [4.69, 9.17) is 9.52 Å². The largest absolute Gasteiger partial charge is 0.462 e. The zero-order chi connectivity index (χ0) is 12.1. The highest BCUT2D eigenvalue weighted by molar-refractivity contribution is 7.09. The topological polar surface area (TPSA) is 45.4 Å². The molecule has 3 nitrogen and oxygen atoms in total. The van der Waals surface area contributed by atoms with Crippen molar-refractivity contribution < 1.29 is 9.52 Å². The highest BCUT2D eigenvalue weighted by Gasteiger charge is 2.06. The van der Waals surface area contributed by atoms with Crippen LogP contribution in [0, 0.1) is 0 Å². The molecule has 2 aromatic rings. The molecule has 0 saturated carbocycles. The molecular weight excluding hydrogens is 234 g/mol. The van der Waals surface area contributed by atoms with Crippen molar-refractivity contribution in [2.24, 2.45) is 0 Å². The van der Waals surface area contributed by atoms with Crippen molar-refractivity contribution in [2.45, 2.75) is 32.5 Å². The minimum absolute atomic E-state index is 0.0370. The van der Waals surface area contributed by atoms with E-state index in [1.54, 1.807) is 17.4 Å². The Morgan fingerprint density at radius 2 is 2.18 bits per heavy atom. The van der Waals surface area contributed by atoms with Crippen LogP contribution in [0.2, 0.25) is 0 Å². The summed E-state index contributed by atoms with van der Waals surface area (Å²) in [7, 11) is 0. The number of rotatable bonds is 6. The smallest absolute Gasteiger partial charge is 0.129 e. The van der Waals surface area contributed by atoms with Crippen LogP contribution < -0.4 is 5.32 Å². The Kier molecular flexibility index (Phi) is 4.36. The maximum Gasteiger partial charge on any atom is 0.129 e. The van der Waals surface area contributed by atoms with E-state index in [0.717, 1.165) is 12.2 Å². The lowest BCUT2D eigenvalue weighted by atomic mass is 10.2. The van der Waals surface area contributed by atoms with Crippen LogP contribution >= 0.6 is 11.3 Å². The molecule has 1 atom stereocenters. The molecule has 1 unspecified atom stereocenters. The summed E-state index contributed by atoms with van der Waals surface area (Å²) in [6, 6.07) is 8.35. The van der Waals surface area contributed by atoms with Crippen LogP contribution in [0.15, 0.2) is 34.1 Å². The summed E-state index contributed by atoms with van der Waals surface area (Å²) in [5.41, 5.74) is 0. The van der Waals surface area contributed by atoms with Gasteiger partial charge in [-0.15, -0.1) is 11.3 Å². The fraction of sp³-hybridized carbons (Fsp3) is 0.385. The van der Waals surface area contributed by atoms with Crippen molar-refractivity contribution in [3.8, 4) is 0 Å². The molecule has 0 amide bonds. The number of hydrogen-bond acceptors (Lipinski definition) is 4. The lowest BCUT2D eigenvalue weighted by Gasteiger charge is -2.11. The maximum atomic E-state index is 8.89. The highest BCUT2D eigenvalue weighted by atomic mass is 32.1. The summed E-state index contributed by atoms with van der Waals surface area (Å²) < 4.78 is 5.41. The monoisotopic (exact) mass is 251 g/mol. The van der Waals surface area contributed by atoms with Gasteiger partial charge in [0.1, 0.15) is 18.1 Å². The molecule has 0 aliphatic heterocycles. The fourth-order valence-corrected chi connectivity index (χ4v) is 2.52. The van der Waals surface area contributed by atoms with E-state index in [1.165, 1.54) is 4.88 Å². The second-order valence-corrected chi connectivity index (χ2v) is 5.12. The quantitative estimate of drug-likeness (QED) is 0.829. The van der Waals surface area contributed by atoms with Crippen LogP contribution in [0.1, 0.15) is 23.3 Å². The second-order valence-electron chi connectivity index (χ2n) is 4.09. The molecule has 17 heavy (non-hydrogen) atoms. The third kappa shape index (κ3) is 3.70. The van der Waals surface area contributed by atoms with Gasteiger partial charge in [0, 0.05) is 10.9 Å². The van der Waals surface area contributed by atoms with Crippen molar-refractivity contribution in [1.82, 2.24) is 5.32 Å². The molecule has 0 spiro atoms. The first-order valence-electron chi connectivity index (χ1n) is 5.72. The van der Waals surface area contributed by atoms with Crippen LogP contribution in [0.4, 0.5) is 0 Å². The molecule has 0 bridgehead atoms. The van der Waals surface area contributed by atoms with E-state index in [0.29, 0.717) is 18.3 Å². The lowest BCUT2D eigenvalue weighted by molar-refractivity contribution is 0.242. The van der Waals surface area contributed by atoms with Crippen molar-refractivity contribution >= 4 is 11.3 Å². The first-order chi connectivity index (χ1) is 8.28. The Hall–Kier alpha value is -1.10. The number of nitrogens with one attached hydrogen (secondary N) is 1. The zero-order valence-corrected chi connectivity index (χ0v) is 10.7. The third-order valence-electron chi connectivity index (χ3n) is 2.59. The number of aliphatic hydroxyl groups is 1. The van der Waals surface area contributed by atoms with E-state index < -0.39 is 0 Å². The molecule has 0 aliphatic rings. The van der Waals surface area contributed by atoms with Crippen molar-refractivity contribution in [3.05, 3.63) is 46.0 Å². The van der Waals surface area contributed by atoms with E-state index in [2.05, 4.69) is 29.8 Å².